The topological polar surface area (TPSA) is 70.8 Å². The number of carboxylic acids is 1. The Morgan fingerprint density at radius 2 is 2.06 bits per heavy atom. The zero-order valence-electron chi connectivity index (χ0n) is 10.2. The highest BCUT2D eigenvalue weighted by molar-refractivity contribution is 5.93. The van der Waals surface area contributed by atoms with Gasteiger partial charge in [0.15, 0.2) is 5.76 Å². The number of nitrogens with zero attached hydrogens (tertiary/aromatic N) is 1. The van der Waals surface area contributed by atoms with Crippen LogP contribution in [-0.4, -0.2) is 34.5 Å². The van der Waals surface area contributed by atoms with Gasteiger partial charge in [0.25, 0.3) is 5.91 Å². The predicted molar refractivity (Wildman–Crippen MR) is 64.3 cm³/mol. The number of furan rings is 1. The van der Waals surface area contributed by atoms with Crippen LogP contribution in [0.2, 0.25) is 0 Å². The Morgan fingerprint density at radius 1 is 1.33 bits per heavy atom. The van der Waals surface area contributed by atoms with Gasteiger partial charge < -0.3 is 14.4 Å². The van der Waals surface area contributed by atoms with Crippen molar-refractivity contribution < 1.29 is 19.1 Å². The molecule has 1 saturated carbocycles. The summed E-state index contributed by atoms with van der Waals surface area (Å²) < 4.78 is 5.06. The van der Waals surface area contributed by atoms with Crippen molar-refractivity contribution in [3.63, 3.8) is 0 Å². The van der Waals surface area contributed by atoms with Crippen LogP contribution < -0.4 is 0 Å². The van der Waals surface area contributed by atoms with Crippen LogP contribution in [0.5, 0.6) is 0 Å². The Hall–Kier alpha value is -1.78. The molecular formula is C13H17NO4. The van der Waals surface area contributed by atoms with Crippen molar-refractivity contribution in [2.45, 2.75) is 38.1 Å². The van der Waals surface area contributed by atoms with Gasteiger partial charge in [-0.2, -0.15) is 0 Å². The molecule has 0 aromatic carbocycles. The summed E-state index contributed by atoms with van der Waals surface area (Å²) in [6.45, 7) is -0.260. The summed E-state index contributed by atoms with van der Waals surface area (Å²) >= 11 is 0. The summed E-state index contributed by atoms with van der Waals surface area (Å²) in [5, 5.41) is 8.94. The second-order valence-electron chi connectivity index (χ2n) is 4.60. The van der Waals surface area contributed by atoms with Crippen molar-refractivity contribution >= 4 is 11.9 Å². The molecule has 1 amide bonds. The van der Waals surface area contributed by atoms with Gasteiger partial charge in [0.05, 0.1) is 6.26 Å². The molecule has 98 valence electrons. The molecule has 0 aliphatic heterocycles. The number of carboxylic acid groups (broad SMARTS) is 1. The largest absolute Gasteiger partial charge is 0.480 e. The van der Waals surface area contributed by atoms with Gasteiger partial charge in [0, 0.05) is 6.04 Å². The van der Waals surface area contributed by atoms with Crippen LogP contribution in [0.25, 0.3) is 0 Å². The van der Waals surface area contributed by atoms with Gasteiger partial charge in [-0.3, -0.25) is 9.59 Å². The summed E-state index contributed by atoms with van der Waals surface area (Å²) in [6, 6.07) is 3.22. The van der Waals surface area contributed by atoms with E-state index in [1.165, 1.54) is 11.2 Å². The van der Waals surface area contributed by atoms with Crippen LogP contribution in [0.4, 0.5) is 0 Å². The van der Waals surface area contributed by atoms with E-state index in [9.17, 15) is 9.59 Å². The molecule has 0 radical (unpaired) electrons. The second kappa shape index (κ2) is 5.71. The summed E-state index contributed by atoms with van der Waals surface area (Å²) in [6.07, 6.45) is 6.43. The SMILES string of the molecule is O=C(O)CN(C(=O)c1ccco1)C1CCCCC1. The zero-order valence-corrected chi connectivity index (χ0v) is 10.2. The maximum absolute atomic E-state index is 12.2. The lowest BCUT2D eigenvalue weighted by Crippen LogP contribution is -2.44. The van der Waals surface area contributed by atoms with Crippen LogP contribution in [0.15, 0.2) is 22.8 Å². The van der Waals surface area contributed by atoms with Crippen LogP contribution in [0, 0.1) is 0 Å². The Kier molecular flexibility index (Phi) is 4.02. The standard InChI is InChI=1S/C13H17NO4/c15-12(16)9-14(10-5-2-1-3-6-10)13(17)11-7-4-8-18-11/h4,7-8,10H,1-3,5-6,9H2,(H,15,16). The fraction of sp³-hybridized carbons (Fsp3) is 0.538. The zero-order chi connectivity index (χ0) is 13.0. The van der Waals surface area contributed by atoms with E-state index in [1.54, 1.807) is 12.1 Å². The van der Waals surface area contributed by atoms with E-state index >= 15 is 0 Å². The second-order valence-corrected chi connectivity index (χ2v) is 4.60. The van der Waals surface area contributed by atoms with E-state index in [0.29, 0.717) is 0 Å². The van der Waals surface area contributed by atoms with Crippen LogP contribution in [0.1, 0.15) is 42.7 Å². The monoisotopic (exact) mass is 251 g/mol. The average Bonchev–Trinajstić information content (AvgIpc) is 2.90. The Balaban J connectivity index is 2.13. The third kappa shape index (κ3) is 2.91. The summed E-state index contributed by atoms with van der Waals surface area (Å²) in [5.74, 6) is -1.10. The number of rotatable bonds is 4. The molecule has 0 bridgehead atoms. The van der Waals surface area contributed by atoms with Crippen molar-refractivity contribution in [3.8, 4) is 0 Å². The molecule has 18 heavy (non-hydrogen) atoms. The number of aliphatic carboxylic acids is 1. The van der Waals surface area contributed by atoms with Gasteiger partial charge in [-0.05, 0) is 25.0 Å². The van der Waals surface area contributed by atoms with E-state index in [0.717, 1.165) is 32.1 Å². The van der Waals surface area contributed by atoms with E-state index in [4.69, 9.17) is 9.52 Å². The fourth-order valence-electron chi connectivity index (χ4n) is 2.45. The van der Waals surface area contributed by atoms with E-state index in [2.05, 4.69) is 0 Å². The van der Waals surface area contributed by atoms with Crippen molar-refractivity contribution in [3.05, 3.63) is 24.2 Å². The summed E-state index contributed by atoms with van der Waals surface area (Å²) in [7, 11) is 0. The maximum Gasteiger partial charge on any atom is 0.323 e. The number of carbonyl (C=O) groups excluding carboxylic acids is 1. The molecule has 1 aromatic rings. The van der Waals surface area contributed by atoms with Crippen molar-refractivity contribution in [1.29, 1.82) is 0 Å². The van der Waals surface area contributed by atoms with Crippen LogP contribution in [0.3, 0.4) is 0 Å². The highest BCUT2D eigenvalue weighted by Gasteiger charge is 2.29. The minimum atomic E-state index is -0.986. The molecule has 1 aliphatic carbocycles. The first-order valence-corrected chi connectivity index (χ1v) is 6.25. The Bertz CT molecular complexity index is 407. The van der Waals surface area contributed by atoms with Crippen LogP contribution >= 0.6 is 0 Å². The molecule has 5 nitrogen and oxygen atoms in total. The highest BCUT2D eigenvalue weighted by atomic mass is 16.4. The number of amides is 1. The Morgan fingerprint density at radius 3 is 2.61 bits per heavy atom. The van der Waals surface area contributed by atoms with Crippen molar-refractivity contribution in [2.24, 2.45) is 0 Å². The number of hydrogen-bond donors (Lipinski definition) is 1. The average molecular weight is 251 g/mol. The van der Waals surface area contributed by atoms with Gasteiger partial charge in [0.2, 0.25) is 0 Å². The van der Waals surface area contributed by atoms with Gasteiger partial charge >= 0.3 is 5.97 Å². The van der Waals surface area contributed by atoms with Crippen LogP contribution in [-0.2, 0) is 4.79 Å². The smallest absolute Gasteiger partial charge is 0.323 e. The van der Waals surface area contributed by atoms with E-state index in [-0.39, 0.29) is 24.3 Å². The van der Waals surface area contributed by atoms with Gasteiger partial charge in [0.1, 0.15) is 6.54 Å². The molecule has 1 N–H and O–H groups in total. The van der Waals surface area contributed by atoms with Crippen molar-refractivity contribution in [1.82, 2.24) is 4.90 Å². The van der Waals surface area contributed by atoms with Gasteiger partial charge in [-0.15, -0.1) is 0 Å². The van der Waals surface area contributed by atoms with Crippen molar-refractivity contribution in [2.75, 3.05) is 6.54 Å². The fourth-order valence-corrected chi connectivity index (χ4v) is 2.45. The predicted octanol–water partition coefficient (Wildman–Crippen LogP) is 2.14. The summed E-state index contributed by atoms with van der Waals surface area (Å²) in [5.41, 5.74) is 0. The molecule has 1 fully saturated rings. The summed E-state index contributed by atoms with van der Waals surface area (Å²) in [4.78, 5) is 24.5. The molecule has 2 rings (SSSR count). The molecule has 5 heteroatoms. The first-order chi connectivity index (χ1) is 8.68. The lowest BCUT2D eigenvalue weighted by Gasteiger charge is -2.32. The highest BCUT2D eigenvalue weighted by Crippen LogP contribution is 2.24. The van der Waals surface area contributed by atoms with E-state index in [1.807, 2.05) is 0 Å². The molecule has 0 unspecified atom stereocenters. The van der Waals surface area contributed by atoms with E-state index < -0.39 is 5.97 Å². The molecule has 1 heterocycles. The quantitative estimate of drug-likeness (QED) is 0.890. The van der Waals surface area contributed by atoms with Gasteiger partial charge in [-0.25, -0.2) is 0 Å². The first kappa shape index (κ1) is 12.7. The molecule has 0 spiro atoms. The normalized spacial score (nSPS) is 16.4. The lowest BCUT2D eigenvalue weighted by molar-refractivity contribution is -0.138. The molecule has 0 saturated heterocycles. The first-order valence-electron chi connectivity index (χ1n) is 6.25. The minimum Gasteiger partial charge on any atom is -0.480 e. The minimum absolute atomic E-state index is 0.0208. The molecule has 1 aromatic heterocycles. The van der Waals surface area contributed by atoms with Gasteiger partial charge in [-0.1, -0.05) is 19.3 Å². The molecule has 1 aliphatic rings. The molecular weight excluding hydrogens is 234 g/mol. The maximum atomic E-state index is 12.2. The number of carbonyl (C=O) groups is 2. The molecule has 0 atom stereocenters. The number of hydrogen-bond acceptors (Lipinski definition) is 3. The third-order valence-electron chi connectivity index (χ3n) is 3.31. The lowest BCUT2D eigenvalue weighted by atomic mass is 9.94. The Labute approximate surface area is 105 Å². The third-order valence-corrected chi connectivity index (χ3v) is 3.31.